The van der Waals surface area contributed by atoms with Crippen molar-refractivity contribution in [2.75, 3.05) is 26.2 Å². The van der Waals surface area contributed by atoms with E-state index < -0.39 is 12.5 Å². The van der Waals surface area contributed by atoms with Crippen LogP contribution in [0.3, 0.4) is 0 Å². The standard InChI is InChI=1S/C13H15F2N3/c14-13(15)11-3-1-2-10(8-11)12(9-16)18-6-4-17-5-7-18/h1-3,8,12-13,17H,4-7H2. The number of nitriles is 1. The van der Waals surface area contributed by atoms with Gasteiger partial charge < -0.3 is 5.32 Å². The van der Waals surface area contributed by atoms with Crippen LogP contribution in [0.25, 0.3) is 0 Å². The molecule has 1 unspecified atom stereocenters. The van der Waals surface area contributed by atoms with Gasteiger partial charge >= 0.3 is 0 Å². The molecule has 2 rings (SSSR count). The molecule has 96 valence electrons. The zero-order valence-corrected chi connectivity index (χ0v) is 9.94. The summed E-state index contributed by atoms with van der Waals surface area (Å²) in [5.74, 6) is 0. The number of hydrogen-bond donors (Lipinski definition) is 1. The van der Waals surface area contributed by atoms with Crippen LogP contribution in [0.1, 0.15) is 23.6 Å². The van der Waals surface area contributed by atoms with E-state index in [-0.39, 0.29) is 5.56 Å². The van der Waals surface area contributed by atoms with Crippen molar-refractivity contribution < 1.29 is 8.78 Å². The Hall–Kier alpha value is -1.51. The van der Waals surface area contributed by atoms with E-state index in [0.717, 1.165) is 26.2 Å². The molecule has 0 aromatic heterocycles. The molecule has 1 saturated heterocycles. The monoisotopic (exact) mass is 251 g/mol. The molecule has 1 aromatic carbocycles. The average Bonchev–Trinajstić information content (AvgIpc) is 2.41. The van der Waals surface area contributed by atoms with Crippen LogP contribution in [0.15, 0.2) is 24.3 Å². The number of benzene rings is 1. The number of alkyl halides is 2. The normalized spacial score (nSPS) is 18.6. The molecule has 1 aromatic rings. The lowest BCUT2D eigenvalue weighted by Gasteiger charge is -2.31. The van der Waals surface area contributed by atoms with Gasteiger partial charge in [-0.25, -0.2) is 8.78 Å². The van der Waals surface area contributed by atoms with Crippen LogP contribution in [0, 0.1) is 11.3 Å². The van der Waals surface area contributed by atoms with E-state index in [1.165, 1.54) is 12.1 Å². The van der Waals surface area contributed by atoms with Crippen LogP contribution in [0.2, 0.25) is 0 Å². The summed E-state index contributed by atoms with van der Waals surface area (Å²) in [6.07, 6.45) is -2.49. The minimum atomic E-state index is -2.49. The average molecular weight is 251 g/mol. The molecular weight excluding hydrogens is 236 g/mol. The summed E-state index contributed by atoms with van der Waals surface area (Å²) in [5, 5.41) is 12.5. The maximum absolute atomic E-state index is 12.7. The quantitative estimate of drug-likeness (QED) is 0.894. The number of nitrogens with one attached hydrogen (secondary N) is 1. The lowest BCUT2D eigenvalue weighted by atomic mass is 10.0. The molecule has 1 heterocycles. The summed E-state index contributed by atoms with van der Waals surface area (Å²) in [6, 6.07) is 7.91. The molecule has 1 aliphatic heterocycles. The third-order valence-corrected chi connectivity index (χ3v) is 3.12. The van der Waals surface area contributed by atoms with Gasteiger partial charge in [-0.15, -0.1) is 0 Å². The van der Waals surface area contributed by atoms with E-state index in [0.29, 0.717) is 5.56 Å². The highest BCUT2D eigenvalue weighted by Crippen LogP contribution is 2.25. The van der Waals surface area contributed by atoms with E-state index in [9.17, 15) is 14.0 Å². The van der Waals surface area contributed by atoms with Gasteiger partial charge in [-0.3, -0.25) is 4.90 Å². The van der Waals surface area contributed by atoms with Crippen molar-refractivity contribution in [3.63, 3.8) is 0 Å². The first-order valence-electron chi connectivity index (χ1n) is 5.95. The Bertz CT molecular complexity index is 436. The predicted molar refractivity (Wildman–Crippen MR) is 64.2 cm³/mol. The lowest BCUT2D eigenvalue weighted by molar-refractivity contribution is 0.151. The fraction of sp³-hybridized carbons (Fsp3) is 0.462. The SMILES string of the molecule is N#CC(c1cccc(C(F)F)c1)N1CCNCC1. The molecule has 1 atom stereocenters. The molecule has 1 N–H and O–H groups in total. The van der Waals surface area contributed by atoms with Crippen LogP contribution in [0.5, 0.6) is 0 Å². The van der Waals surface area contributed by atoms with Crippen LogP contribution < -0.4 is 5.32 Å². The number of rotatable bonds is 3. The number of nitrogens with zero attached hydrogens (tertiary/aromatic N) is 2. The molecule has 0 amide bonds. The van der Waals surface area contributed by atoms with Gasteiger partial charge in [-0.1, -0.05) is 18.2 Å². The van der Waals surface area contributed by atoms with Gasteiger partial charge in [0.05, 0.1) is 6.07 Å². The highest BCUT2D eigenvalue weighted by Gasteiger charge is 2.22. The minimum absolute atomic E-state index is 0.0251. The summed E-state index contributed by atoms with van der Waals surface area (Å²) in [7, 11) is 0. The maximum atomic E-state index is 12.7. The molecule has 0 radical (unpaired) electrons. The molecule has 5 heteroatoms. The van der Waals surface area contributed by atoms with E-state index in [4.69, 9.17) is 0 Å². The third-order valence-electron chi connectivity index (χ3n) is 3.12. The first-order chi connectivity index (χ1) is 8.72. The van der Waals surface area contributed by atoms with Gasteiger partial charge in [-0.2, -0.15) is 5.26 Å². The Morgan fingerprint density at radius 1 is 1.22 bits per heavy atom. The van der Waals surface area contributed by atoms with Crippen molar-refractivity contribution >= 4 is 0 Å². The second-order valence-electron chi connectivity index (χ2n) is 4.29. The van der Waals surface area contributed by atoms with Gasteiger partial charge in [0.2, 0.25) is 0 Å². The minimum Gasteiger partial charge on any atom is -0.314 e. The molecule has 0 spiro atoms. The Kier molecular flexibility index (Phi) is 4.24. The Labute approximate surface area is 105 Å². The summed E-state index contributed by atoms with van der Waals surface area (Å²) in [6.45, 7) is 3.17. The predicted octanol–water partition coefficient (Wildman–Crippen LogP) is 2.09. The summed E-state index contributed by atoms with van der Waals surface area (Å²) >= 11 is 0. The van der Waals surface area contributed by atoms with Crippen molar-refractivity contribution in [1.29, 1.82) is 5.26 Å². The zero-order chi connectivity index (χ0) is 13.0. The summed E-state index contributed by atoms with van der Waals surface area (Å²) in [5.41, 5.74) is 0.625. The van der Waals surface area contributed by atoms with E-state index in [1.54, 1.807) is 12.1 Å². The summed E-state index contributed by atoms with van der Waals surface area (Å²) < 4.78 is 25.3. The molecule has 1 fully saturated rings. The fourth-order valence-corrected chi connectivity index (χ4v) is 2.17. The van der Waals surface area contributed by atoms with Crippen LogP contribution in [-0.4, -0.2) is 31.1 Å². The number of piperazine rings is 1. The first kappa shape index (κ1) is 12.9. The fourth-order valence-electron chi connectivity index (χ4n) is 2.17. The Morgan fingerprint density at radius 2 is 1.89 bits per heavy atom. The molecule has 0 bridgehead atoms. The van der Waals surface area contributed by atoms with Crippen LogP contribution in [-0.2, 0) is 0 Å². The molecule has 3 nitrogen and oxygen atoms in total. The Balaban J connectivity index is 2.21. The van der Waals surface area contributed by atoms with Crippen molar-refractivity contribution in [2.24, 2.45) is 0 Å². The topological polar surface area (TPSA) is 39.1 Å². The highest BCUT2D eigenvalue weighted by atomic mass is 19.3. The number of halogens is 2. The van der Waals surface area contributed by atoms with Crippen molar-refractivity contribution in [3.05, 3.63) is 35.4 Å². The Morgan fingerprint density at radius 3 is 2.50 bits per heavy atom. The molecule has 0 saturated carbocycles. The second-order valence-corrected chi connectivity index (χ2v) is 4.29. The van der Waals surface area contributed by atoms with Crippen molar-refractivity contribution in [1.82, 2.24) is 10.2 Å². The summed E-state index contributed by atoms with van der Waals surface area (Å²) in [4.78, 5) is 2.01. The maximum Gasteiger partial charge on any atom is 0.263 e. The molecule has 0 aliphatic carbocycles. The highest BCUT2D eigenvalue weighted by molar-refractivity contribution is 5.30. The largest absolute Gasteiger partial charge is 0.314 e. The van der Waals surface area contributed by atoms with E-state index >= 15 is 0 Å². The van der Waals surface area contributed by atoms with Crippen molar-refractivity contribution in [2.45, 2.75) is 12.5 Å². The van der Waals surface area contributed by atoms with Gasteiger partial charge in [0, 0.05) is 31.7 Å². The van der Waals surface area contributed by atoms with E-state index in [2.05, 4.69) is 11.4 Å². The molecule has 1 aliphatic rings. The first-order valence-corrected chi connectivity index (χ1v) is 5.95. The van der Waals surface area contributed by atoms with Gasteiger partial charge in [0.15, 0.2) is 0 Å². The molecular formula is C13H15F2N3. The van der Waals surface area contributed by atoms with Crippen LogP contribution in [0.4, 0.5) is 8.78 Å². The zero-order valence-electron chi connectivity index (χ0n) is 9.94. The van der Waals surface area contributed by atoms with E-state index in [1.807, 2.05) is 4.90 Å². The lowest BCUT2D eigenvalue weighted by Crippen LogP contribution is -2.44. The second kappa shape index (κ2) is 5.89. The molecule has 18 heavy (non-hydrogen) atoms. The smallest absolute Gasteiger partial charge is 0.263 e. The van der Waals surface area contributed by atoms with Crippen molar-refractivity contribution in [3.8, 4) is 6.07 Å². The number of hydrogen-bond acceptors (Lipinski definition) is 3. The third kappa shape index (κ3) is 2.84. The van der Waals surface area contributed by atoms with Gasteiger partial charge in [-0.05, 0) is 11.6 Å². The van der Waals surface area contributed by atoms with Crippen LogP contribution >= 0.6 is 0 Å². The van der Waals surface area contributed by atoms with Gasteiger partial charge in [0.25, 0.3) is 6.43 Å². The van der Waals surface area contributed by atoms with Gasteiger partial charge in [0.1, 0.15) is 6.04 Å².